The van der Waals surface area contributed by atoms with E-state index in [1.54, 1.807) is 18.2 Å². The highest BCUT2D eigenvalue weighted by molar-refractivity contribution is 6.30. The fourth-order valence-electron chi connectivity index (χ4n) is 2.63. The summed E-state index contributed by atoms with van der Waals surface area (Å²) in [5, 5.41) is 4.82. The number of amides is 1. The van der Waals surface area contributed by atoms with Crippen molar-refractivity contribution in [3.63, 3.8) is 0 Å². The van der Waals surface area contributed by atoms with Gasteiger partial charge in [-0.05, 0) is 48.7 Å². The van der Waals surface area contributed by atoms with Gasteiger partial charge >= 0.3 is 0 Å². The minimum Gasteiger partial charge on any atom is -0.361 e. The second-order valence-corrected chi connectivity index (χ2v) is 5.76. The number of H-pyrrole nitrogens is 1. The molecule has 0 aliphatic heterocycles. The zero-order valence-corrected chi connectivity index (χ0v) is 13.1. The second kappa shape index (κ2) is 6.24. The molecule has 1 heterocycles. The van der Waals surface area contributed by atoms with E-state index in [0.29, 0.717) is 17.1 Å². The molecule has 3 aromatic rings. The molecular weight excluding hydrogens is 296 g/mol. The average molecular weight is 313 g/mol. The first-order chi connectivity index (χ1) is 10.6. The number of hydrogen-bond donors (Lipinski definition) is 2. The van der Waals surface area contributed by atoms with Crippen LogP contribution in [0.4, 0.5) is 0 Å². The molecule has 2 N–H and O–H groups in total. The number of aromatic nitrogens is 1. The summed E-state index contributed by atoms with van der Waals surface area (Å²) >= 11 is 5.91. The molecule has 0 unspecified atom stereocenters. The van der Waals surface area contributed by atoms with Crippen LogP contribution in [-0.2, 0) is 6.42 Å². The van der Waals surface area contributed by atoms with Gasteiger partial charge in [0, 0.05) is 34.2 Å². The summed E-state index contributed by atoms with van der Waals surface area (Å²) in [4.78, 5) is 15.5. The molecular formula is C18H17ClN2O. The van der Waals surface area contributed by atoms with Crippen molar-refractivity contribution in [1.82, 2.24) is 10.3 Å². The Morgan fingerprint density at radius 3 is 2.86 bits per heavy atom. The van der Waals surface area contributed by atoms with Crippen molar-refractivity contribution in [2.24, 2.45) is 0 Å². The molecule has 0 radical (unpaired) electrons. The second-order valence-electron chi connectivity index (χ2n) is 5.32. The predicted molar refractivity (Wildman–Crippen MR) is 90.5 cm³/mol. The minimum atomic E-state index is -0.0611. The van der Waals surface area contributed by atoms with Gasteiger partial charge in [0.2, 0.25) is 0 Å². The Hall–Kier alpha value is -2.26. The van der Waals surface area contributed by atoms with Crippen LogP contribution in [0.25, 0.3) is 10.9 Å². The molecule has 1 amide bonds. The van der Waals surface area contributed by atoms with Crippen LogP contribution in [0.2, 0.25) is 5.02 Å². The molecule has 0 bridgehead atoms. The Balaban J connectivity index is 1.64. The number of aromatic amines is 1. The lowest BCUT2D eigenvalue weighted by molar-refractivity contribution is 0.0953. The summed E-state index contributed by atoms with van der Waals surface area (Å²) in [7, 11) is 0. The molecule has 22 heavy (non-hydrogen) atoms. The number of benzene rings is 2. The number of halogens is 1. The topological polar surface area (TPSA) is 44.9 Å². The Morgan fingerprint density at radius 2 is 2.05 bits per heavy atom. The highest BCUT2D eigenvalue weighted by atomic mass is 35.5. The first kappa shape index (κ1) is 14.7. The van der Waals surface area contributed by atoms with Crippen LogP contribution in [0.1, 0.15) is 21.5 Å². The summed E-state index contributed by atoms with van der Waals surface area (Å²) in [5.41, 5.74) is 3.89. The van der Waals surface area contributed by atoms with Gasteiger partial charge in [0.1, 0.15) is 0 Å². The Morgan fingerprint density at radius 1 is 1.23 bits per heavy atom. The van der Waals surface area contributed by atoms with Crippen LogP contribution in [0.5, 0.6) is 0 Å². The SMILES string of the molecule is Cc1cc(Cl)ccc1C(=O)NCCc1c[nH]c2ccccc12. The highest BCUT2D eigenvalue weighted by Gasteiger charge is 2.09. The molecule has 0 fully saturated rings. The van der Waals surface area contributed by atoms with Crippen molar-refractivity contribution >= 4 is 28.4 Å². The van der Waals surface area contributed by atoms with Crippen LogP contribution in [0.3, 0.4) is 0 Å². The van der Waals surface area contributed by atoms with E-state index >= 15 is 0 Å². The van der Waals surface area contributed by atoms with Crippen LogP contribution in [0.15, 0.2) is 48.7 Å². The lowest BCUT2D eigenvalue weighted by Crippen LogP contribution is -2.26. The van der Waals surface area contributed by atoms with E-state index in [0.717, 1.165) is 17.5 Å². The zero-order valence-electron chi connectivity index (χ0n) is 12.3. The highest BCUT2D eigenvalue weighted by Crippen LogP contribution is 2.18. The molecule has 0 aliphatic rings. The number of carbonyl (C=O) groups is 1. The maximum absolute atomic E-state index is 12.2. The Labute approximate surface area is 134 Å². The molecule has 0 saturated heterocycles. The van der Waals surface area contributed by atoms with E-state index in [-0.39, 0.29) is 5.91 Å². The fraction of sp³-hybridized carbons (Fsp3) is 0.167. The third-order valence-corrected chi connectivity index (χ3v) is 4.02. The molecule has 112 valence electrons. The molecule has 3 rings (SSSR count). The summed E-state index contributed by atoms with van der Waals surface area (Å²) in [6, 6.07) is 13.5. The Bertz CT molecular complexity index is 823. The molecule has 0 saturated carbocycles. The zero-order chi connectivity index (χ0) is 15.5. The third-order valence-electron chi connectivity index (χ3n) is 3.79. The summed E-state index contributed by atoms with van der Waals surface area (Å²) in [6.45, 7) is 2.49. The average Bonchev–Trinajstić information content (AvgIpc) is 2.90. The number of hydrogen-bond acceptors (Lipinski definition) is 1. The van der Waals surface area contributed by atoms with Gasteiger partial charge in [-0.25, -0.2) is 0 Å². The van der Waals surface area contributed by atoms with Crippen LogP contribution >= 0.6 is 11.6 Å². The van der Waals surface area contributed by atoms with E-state index in [1.807, 2.05) is 25.3 Å². The first-order valence-corrected chi connectivity index (χ1v) is 7.62. The molecule has 0 atom stereocenters. The largest absolute Gasteiger partial charge is 0.361 e. The van der Waals surface area contributed by atoms with Crippen molar-refractivity contribution in [3.8, 4) is 0 Å². The molecule has 3 nitrogen and oxygen atoms in total. The van der Waals surface area contributed by atoms with E-state index < -0.39 is 0 Å². The molecule has 0 aliphatic carbocycles. The summed E-state index contributed by atoms with van der Waals surface area (Å²) < 4.78 is 0. The number of aryl methyl sites for hydroxylation is 1. The summed E-state index contributed by atoms with van der Waals surface area (Å²) in [5.74, 6) is -0.0611. The number of fused-ring (bicyclic) bond motifs is 1. The number of rotatable bonds is 4. The monoisotopic (exact) mass is 312 g/mol. The summed E-state index contributed by atoms with van der Waals surface area (Å²) in [6.07, 6.45) is 2.80. The van der Waals surface area contributed by atoms with E-state index in [4.69, 9.17) is 11.6 Å². The van der Waals surface area contributed by atoms with E-state index in [2.05, 4.69) is 22.4 Å². The van der Waals surface area contributed by atoms with Gasteiger partial charge in [0.05, 0.1) is 0 Å². The van der Waals surface area contributed by atoms with Crippen molar-refractivity contribution in [3.05, 3.63) is 70.4 Å². The third kappa shape index (κ3) is 3.00. The van der Waals surface area contributed by atoms with Crippen molar-refractivity contribution in [2.45, 2.75) is 13.3 Å². The normalized spacial score (nSPS) is 10.8. The lowest BCUT2D eigenvalue weighted by atomic mass is 10.1. The molecule has 2 aromatic carbocycles. The fourth-order valence-corrected chi connectivity index (χ4v) is 2.85. The maximum atomic E-state index is 12.2. The van der Waals surface area contributed by atoms with Gasteiger partial charge < -0.3 is 10.3 Å². The maximum Gasteiger partial charge on any atom is 0.251 e. The van der Waals surface area contributed by atoms with E-state index in [1.165, 1.54) is 10.9 Å². The smallest absolute Gasteiger partial charge is 0.251 e. The van der Waals surface area contributed by atoms with Gasteiger partial charge in [-0.1, -0.05) is 29.8 Å². The van der Waals surface area contributed by atoms with Crippen molar-refractivity contribution in [2.75, 3.05) is 6.54 Å². The van der Waals surface area contributed by atoms with Crippen LogP contribution in [0, 0.1) is 6.92 Å². The molecule has 0 spiro atoms. The van der Waals surface area contributed by atoms with Gasteiger partial charge in [-0.3, -0.25) is 4.79 Å². The van der Waals surface area contributed by atoms with Crippen LogP contribution < -0.4 is 5.32 Å². The van der Waals surface area contributed by atoms with Crippen molar-refractivity contribution < 1.29 is 4.79 Å². The van der Waals surface area contributed by atoms with Crippen molar-refractivity contribution in [1.29, 1.82) is 0 Å². The Kier molecular flexibility index (Phi) is 4.16. The number of para-hydroxylation sites is 1. The predicted octanol–water partition coefficient (Wildman–Crippen LogP) is 4.10. The quantitative estimate of drug-likeness (QED) is 0.748. The van der Waals surface area contributed by atoms with Gasteiger partial charge in [-0.2, -0.15) is 0 Å². The minimum absolute atomic E-state index is 0.0611. The molecule has 1 aromatic heterocycles. The first-order valence-electron chi connectivity index (χ1n) is 7.24. The number of carbonyl (C=O) groups excluding carboxylic acids is 1. The van der Waals surface area contributed by atoms with Crippen LogP contribution in [-0.4, -0.2) is 17.4 Å². The van der Waals surface area contributed by atoms with Gasteiger partial charge in [0.15, 0.2) is 0 Å². The van der Waals surface area contributed by atoms with Gasteiger partial charge in [0.25, 0.3) is 5.91 Å². The molecule has 4 heteroatoms. The number of nitrogens with one attached hydrogen (secondary N) is 2. The standard InChI is InChI=1S/C18H17ClN2O/c1-12-10-14(19)6-7-15(12)18(22)20-9-8-13-11-21-17-5-3-2-4-16(13)17/h2-7,10-11,21H,8-9H2,1H3,(H,20,22). The lowest BCUT2D eigenvalue weighted by Gasteiger charge is -2.08. The van der Waals surface area contributed by atoms with Gasteiger partial charge in [-0.15, -0.1) is 0 Å². The van der Waals surface area contributed by atoms with E-state index in [9.17, 15) is 4.79 Å².